The lowest BCUT2D eigenvalue weighted by molar-refractivity contribution is -0.133. The van der Waals surface area contributed by atoms with Crippen molar-refractivity contribution >= 4 is 55.9 Å². The van der Waals surface area contributed by atoms with E-state index in [4.69, 9.17) is 4.74 Å². The van der Waals surface area contributed by atoms with Crippen LogP contribution in [0.15, 0.2) is 51.4 Å². The number of fused-ring (bicyclic) bond motifs is 2. The molecule has 4 rings (SSSR count). The van der Waals surface area contributed by atoms with Crippen LogP contribution in [0.5, 0.6) is 0 Å². The molecule has 0 saturated heterocycles. The number of aliphatic hydroxyl groups excluding tert-OH is 1. The second-order valence-corrected chi connectivity index (χ2v) is 7.94. The molecule has 1 aromatic carbocycles. The number of thiophene rings is 1. The van der Waals surface area contributed by atoms with Crippen molar-refractivity contribution in [1.29, 1.82) is 0 Å². The van der Waals surface area contributed by atoms with E-state index in [-0.39, 0.29) is 28.5 Å². The Balaban J connectivity index is 1.70. The molecule has 0 aliphatic rings. The number of nitrogens with zero attached hydrogens (tertiary/aromatic N) is 3. The molecule has 4 aromatic rings. The number of imidazole rings is 1. The number of aliphatic hydroxyl groups is 1. The number of H-pyrrole nitrogens is 1. The summed E-state index contributed by atoms with van der Waals surface area (Å²) in [7, 11) is 2.86. The van der Waals surface area contributed by atoms with Gasteiger partial charge in [0.15, 0.2) is 5.16 Å². The van der Waals surface area contributed by atoms with Crippen molar-refractivity contribution in [1.82, 2.24) is 19.5 Å². The zero-order chi connectivity index (χ0) is 20.5. The first kappa shape index (κ1) is 19.2. The van der Waals surface area contributed by atoms with Crippen molar-refractivity contribution in [3.63, 3.8) is 0 Å². The van der Waals surface area contributed by atoms with Crippen LogP contribution in [0.25, 0.3) is 26.8 Å². The number of methoxy groups -OCH3 is 1. The summed E-state index contributed by atoms with van der Waals surface area (Å²) in [6, 6.07) is 9.03. The largest absolute Gasteiger partial charge is 0.510 e. The van der Waals surface area contributed by atoms with E-state index in [9.17, 15) is 14.7 Å². The minimum Gasteiger partial charge on any atom is -0.510 e. The van der Waals surface area contributed by atoms with Crippen LogP contribution in [0.4, 0.5) is 0 Å². The molecule has 3 heterocycles. The number of hydrogen-bond donors (Lipinski definition) is 2. The highest BCUT2D eigenvalue weighted by molar-refractivity contribution is 7.99. The molecule has 0 spiro atoms. The Morgan fingerprint density at radius 1 is 1.31 bits per heavy atom. The number of carbonyl (C=O) groups excluding carboxylic acids is 1. The monoisotopic (exact) mass is 428 g/mol. The van der Waals surface area contributed by atoms with Gasteiger partial charge in [0.25, 0.3) is 5.56 Å². The Morgan fingerprint density at radius 3 is 2.86 bits per heavy atom. The topological polar surface area (TPSA) is 110 Å². The van der Waals surface area contributed by atoms with Crippen LogP contribution < -0.4 is 5.56 Å². The fraction of sp³-hybridized carbons (Fsp3) is 0.158. The number of carbonyl (C=O) groups is 1. The van der Waals surface area contributed by atoms with Crippen LogP contribution in [-0.4, -0.2) is 43.5 Å². The van der Waals surface area contributed by atoms with Gasteiger partial charge in [-0.3, -0.25) is 9.36 Å². The Kier molecular flexibility index (Phi) is 5.12. The summed E-state index contributed by atoms with van der Waals surface area (Å²) in [5.41, 5.74) is 1.18. The molecule has 0 aliphatic carbocycles. The van der Waals surface area contributed by atoms with Crippen LogP contribution in [0.1, 0.15) is 5.82 Å². The van der Waals surface area contributed by atoms with Gasteiger partial charge in [-0.1, -0.05) is 23.9 Å². The highest BCUT2D eigenvalue weighted by Crippen LogP contribution is 2.26. The van der Waals surface area contributed by atoms with E-state index >= 15 is 0 Å². The standard InChI is InChI=1S/C19H16N4O4S2/c1-23-17(25)10-7-8-28-16(10)22-19(23)29-9-13(24)14(18(26)27-2)15-20-11-5-3-4-6-12(11)21-15/h3-8,24H,9H2,1-2H3,(H,20,21)/b14-13+. The first-order valence-electron chi connectivity index (χ1n) is 8.52. The predicted octanol–water partition coefficient (Wildman–Crippen LogP) is 3.11. The molecule has 29 heavy (non-hydrogen) atoms. The molecule has 3 aromatic heterocycles. The maximum atomic E-state index is 12.4. The summed E-state index contributed by atoms with van der Waals surface area (Å²) >= 11 is 2.52. The molecular formula is C19H16N4O4S2. The minimum absolute atomic E-state index is 0.0125. The number of aromatic nitrogens is 4. The molecule has 148 valence electrons. The number of ether oxygens (including phenoxy) is 1. The van der Waals surface area contributed by atoms with E-state index in [0.29, 0.717) is 20.9 Å². The van der Waals surface area contributed by atoms with Crippen molar-refractivity contribution in [2.45, 2.75) is 5.16 Å². The SMILES string of the molecule is COC(=O)/C(=C(/O)CSc1nc2sccc2c(=O)n1C)c1nc2ccccc2[nH]1. The number of aromatic amines is 1. The maximum absolute atomic E-state index is 12.4. The summed E-state index contributed by atoms with van der Waals surface area (Å²) in [6.07, 6.45) is 0. The lowest BCUT2D eigenvalue weighted by Gasteiger charge is -2.09. The Hall–Kier alpha value is -3.11. The van der Waals surface area contributed by atoms with Crippen molar-refractivity contribution in [2.24, 2.45) is 7.05 Å². The van der Waals surface area contributed by atoms with Gasteiger partial charge < -0.3 is 14.8 Å². The molecule has 0 saturated carbocycles. The lowest BCUT2D eigenvalue weighted by Crippen LogP contribution is -2.19. The average molecular weight is 428 g/mol. The van der Waals surface area contributed by atoms with E-state index < -0.39 is 5.97 Å². The second kappa shape index (κ2) is 7.72. The summed E-state index contributed by atoms with van der Waals surface area (Å²) in [5, 5.41) is 13.5. The highest BCUT2D eigenvalue weighted by Gasteiger charge is 2.22. The summed E-state index contributed by atoms with van der Waals surface area (Å²) in [5.74, 6) is -0.704. The number of rotatable bonds is 5. The van der Waals surface area contributed by atoms with Crippen molar-refractivity contribution in [3.8, 4) is 0 Å². The lowest BCUT2D eigenvalue weighted by atomic mass is 10.2. The molecule has 0 aliphatic heterocycles. The summed E-state index contributed by atoms with van der Waals surface area (Å²) in [6.45, 7) is 0. The summed E-state index contributed by atoms with van der Waals surface area (Å²) in [4.78, 5) is 37.2. The minimum atomic E-state index is -0.710. The molecule has 0 radical (unpaired) electrons. The van der Waals surface area contributed by atoms with E-state index in [1.54, 1.807) is 19.2 Å². The van der Waals surface area contributed by atoms with Crippen molar-refractivity contribution in [2.75, 3.05) is 12.9 Å². The van der Waals surface area contributed by atoms with Crippen molar-refractivity contribution < 1.29 is 14.6 Å². The Labute approximate surface area is 172 Å². The molecule has 2 N–H and O–H groups in total. The normalized spacial score (nSPS) is 12.3. The molecule has 10 heteroatoms. The van der Waals surface area contributed by atoms with Crippen LogP contribution in [0, 0.1) is 0 Å². The fourth-order valence-electron chi connectivity index (χ4n) is 2.84. The van der Waals surface area contributed by atoms with Gasteiger partial charge >= 0.3 is 5.97 Å². The Bertz CT molecular complexity index is 1290. The van der Waals surface area contributed by atoms with Crippen molar-refractivity contribution in [3.05, 3.63) is 57.6 Å². The first-order valence-corrected chi connectivity index (χ1v) is 10.4. The number of para-hydroxylation sites is 2. The van der Waals surface area contributed by atoms with Gasteiger partial charge in [0.05, 0.1) is 29.3 Å². The van der Waals surface area contributed by atoms with Crippen LogP contribution in [0.2, 0.25) is 0 Å². The average Bonchev–Trinajstić information content (AvgIpc) is 3.36. The van der Waals surface area contributed by atoms with Gasteiger partial charge in [-0.15, -0.1) is 11.3 Å². The smallest absolute Gasteiger partial charge is 0.345 e. The van der Waals surface area contributed by atoms with Gasteiger partial charge in [-0.05, 0) is 23.6 Å². The molecule has 0 fully saturated rings. The number of hydrogen-bond acceptors (Lipinski definition) is 8. The number of thioether (sulfide) groups is 1. The number of nitrogens with one attached hydrogen (secondary N) is 1. The molecule has 0 atom stereocenters. The molecule has 0 unspecified atom stereocenters. The number of benzene rings is 1. The zero-order valence-electron chi connectivity index (χ0n) is 15.5. The van der Waals surface area contributed by atoms with E-state index in [1.807, 2.05) is 23.6 Å². The third-order valence-electron chi connectivity index (χ3n) is 4.31. The van der Waals surface area contributed by atoms with Crippen LogP contribution in [-0.2, 0) is 16.6 Å². The molecule has 8 nitrogen and oxygen atoms in total. The second-order valence-electron chi connectivity index (χ2n) is 6.10. The van der Waals surface area contributed by atoms with Crippen LogP contribution in [0.3, 0.4) is 0 Å². The molecule has 0 bridgehead atoms. The predicted molar refractivity (Wildman–Crippen MR) is 113 cm³/mol. The van der Waals surface area contributed by atoms with E-state index in [0.717, 1.165) is 17.3 Å². The quantitative estimate of drug-likeness (QED) is 0.165. The summed E-state index contributed by atoms with van der Waals surface area (Å²) < 4.78 is 6.25. The van der Waals surface area contributed by atoms with E-state index in [2.05, 4.69) is 15.0 Å². The third-order valence-corrected chi connectivity index (χ3v) is 6.15. The maximum Gasteiger partial charge on any atom is 0.345 e. The first-order chi connectivity index (χ1) is 14.0. The third kappa shape index (κ3) is 3.52. The van der Waals surface area contributed by atoms with E-state index in [1.165, 1.54) is 23.0 Å². The number of esters is 1. The van der Waals surface area contributed by atoms with Gasteiger partial charge in [0, 0.05) is 7.05 Å². The molecular weight excluding hydrogens is 412 g/mol. The van der Waals surface area contributed by atoms with Crippen LogP contribution >= 0.6 is 23.1 Å². The van der Waals surface area contributed by atoms with Gasteiger partial charge in [-0.2, -0.15) is 0 Å². The van der Waals surface area contributed by atoms with Gasteiger partial charge in [-0.25, -0.2) is 14.8 Å². The van der Waals surface area contributed by atoms with Gasteiger partial charge in [0.1, 0.15) is 22.0 Å². The molecule has 0 amide bonds. The highest BCUT2D eigenvalue weighted by atomic mass is 32.2. The Morgan fingerprint density at radius 2 is 2.10 bits per heavy atom. The van der Waals surface area contributed by atoms with Gasteiger partial charge in [0.2, 0.25) is 0 Å². The fourth-order valence-corrected chi connectivity index (χ4v) is 4.49. The zero-order valence-corrected chi connectivity index (χ0v) is 17.1.